The molecule has 2 bridgehead atoms. The van der Waals surface area contributed by atoms with Crippen molar-refractivity contribution in [2.45, 2.75) is 0 Å². The van der Waals surface area contributed by atoms with Gasteiger partial charge in [0.15, 0.2) is 0 Å². The van der Waals surface area contributed by atoms with Crippen LogP contribution in [-0.4, -0.2) is 22.2 Å². The van der Waals surface area contributed by atoms with Gasteiger partial charge in [0.2, 0.25) is 0 Å². The Morgan fingerprint density at radius 3 is 1.52 bits per heavy atom. The molecule has 0 saturated heterocycles. The monoisotopic (exact) mass is 286 g/mol. The van der Waals surface area contributed by atoms with Gasteiger partial charge in [-0.2, -0.15) is 0 Å². The Kier molecular flexibility index (Phi) is 2.52. The molecule has 2 aromatic heterocycles. The summed E-state index contributed by atoms with van der Waals surface area (Å²) in [5.41, 5.74) is -3.80. The van der Waals surface area contributed by atoms with Crippen molar-refractivity contribution in [2.75, 3.05) is 0 Å². The first-order valence-electron chi connectivity index (χ1n) is 5.75. The van der Waals surface area contributed by atoms with E-state index in [0.29, 0.717) is 0 Å². The first kappa shape index (κ1) is 12.8. The van der Waals surface area contributed by atoms with Gasteiger partial charge in [-0.05, 0) is 10.8 Å². The molecule has 7 nitrogen and oxygen atoms in total. The SMILES string of the molecule is O=C(O)c1c(C(=O)O)c2c(=O)oc(=O)c1c1ccccc21. The fourth-order valence-corrected chi connectivity index (χ4v) is 2.48. The standard InChI is InChI=1S/C14H6O7/c15-11(16)9-7-5-3-1-2-4-6(5)8(10(9)12(17)18)14(20)21-13(7)19/h1-4H,(H,15,16)(H,17,18). The first-order valence-corrected chi connectivity index (χ1v) is 5.75. The van der Waals surface area contributed by atoms with Gasteiger partial charge in [0, 0.05) is 0 Å². The number of fused-ring (bicyclic) bond motifs is 3. The highest BCUT2D eigenvalue weighted by molar-refractivity contribution is 6.23. The van der Waals surface area contributed by atoms with Crippen LogP contribution in [0.3, 0.4) is 0 Å². The van der Waals surface area contributed by atoms with Crippen molar-refractivity contribution in [3.63, 3.8) is 0 Å². The van der Waals surface area contributed by atoms with Crippen LogP contribution < -0.4 is 11.3 Å². The molecule has 0 unspecified atom stereocenters. The van der Waals surface area contributed by atoms with E-state index in [1.807, 2.05) is 0 Å². The quantitative estimate of drug-likeness (QED) is 0.724. The summed E-state index contributed by atoms with van der Waals surface area (Å²) in [5.74, 6) is -3.22. The summed E-state index contributed by atoms with van der Waals surface area (Å²) in [7, 11) is 0. The lowest BCUT2D eigenvalue weighted by Crippen LogP contribution is -2.13. The number of hydrogen-bond acceptors (Lipinski definition) is 5. The minimum atomic E-state index is -1.61. The molecular formula is C14H6O7. The predicted octanol–water partition coefficient (Wildman–Crippen LogP) is 1.14. The lowest BCUT2D eigenvalue weighted by Gasteiger charge is -2.06. The lowest BCUT2D eigenvalue weighted by molar-refractivity contribution is 0.0655. The zero-order chi connectivity index (χ0) is 15.3. The maximum atomic E-state index is 11.9. The Morgan fingerprint density at radius 1 is 0.810 bits per heavy atom. The minimum Gasteiger partial charge on any atom is -0.478 e. The number of benzene rings is 2. The Labute approximate surface area is 115 Å². The number of carboxylic acid groups (broad SMARTS) is 2. The second-order valence-corrected chi connectivity index (χ2v) is 4.33. The molecule has 0 aliphatic rings. The zero-order valence-corrected chi connectivity index (χ0v) is 10.2. The van der Waals surface area contributed by atoms with Crippen molar-refractivity contribution >= 4 is 33.5 Å². The molecular weight excluding hydrogens is 280 g/mol. The third-order valence-corrected chi connectivity index (χ3v) is 3.24. The molecule has 2 heterocycles. The second kappa shape index (κ2) is 4.14. The summed E-state index contributed by atoms with van der Waals surface area (Å²) in [6, 6.07) is 5.97. The van der Waals surface area contributed by atoms with Gasteiger partial charge in [0.25, 0.3) is 0 Å². The van der Waals surface area contributed by atoms with E-state index in [2.05, 4.69) is 4.42 Å². The van der Waals surface area contributed by atoms with E-state index in [-0.39, 0.29) is 10.8 Å². The van der Waals surface area contributed by atoms with E-state index >= 15 is 0 Å². The topological polar surface area (TPSA) is 122 Å². The number of hydrogen-bond donors (Lipinski definition) is 2. The van der Waals surface area contributed by atoms with Gasteiger partial charge in [-0.1, -0.05) is 24.3 Å². The maximum absolute atomic E-state index is 11.9. The van der Waals surface area contributed by atoms with Crippen LogP contribution in [-0.2, 0) is 0 Å². The Hall–Kier alpha value is -3.22. The summed E-state index contributed by atoms with van der Waals surface area (Å²) in [6.45, 7) is 0. The average Bonchev–Trinajstić information content (AvgIpc) is 2.60. The molecule has 0 saturated carbocycles. The van der Waals surface area contributed by atoms with Crippen molar-refractivity contribution in [3.8, 4) is 0 Å². The second-order valence-electron chi connectivity index (χ2n) is 4.33. The van der Waals surface area contributed by atoms with E-state index in [1.165, 1.54) is 12.1 Å². The predicted molar refractivity (Wildman–Crippen MR) is 71.4 cm³/mol. The number of rotatable bonds is 2. The lowest BCUT2D eigenvalue weighted by atomic mass is 9.94. The third kappa shape index (κ3) is 1.61. The highest BCUT2D eigenvalue weighted by atomic mass is 16.4. The van der Waals surface area contributed by atoms with Crippen molar-refractivity contribution < 1.29 is 24.2 Å². The van der Waals surface area contributed by atoms with Crippen LogP contribution in [0.1, 0.15) is 20.7 Å². The highest BCUT2D eigenvalue weighted by Gasteiger charge is 2.28. The van der Waals surface area contributed by atoms with E-state index in [1.54, 1.807) is 12.1 Å². The molecule has 0 aliphatic carbocycles. The highest BCUT2D eigenvalue weighted by Crippen LogP contribution is 2.30. The van der Waals surface area contributed by atoms with Crippen LogP contribution in [0, 0.1) is 0 Å². The third-order valence-electron chi connectivity index (χ3n) is 3.24. The Balaban J connectivity index is 2.91. The van der Waals surface area contributed by atoms with E-state index in [9.17, 15) is 29.4 Å². The fraction of sp³-hybridized carbons (Fsp3) is 0. The molecule has 0 amide bonds. The Bertz CT molecular complexity index is 948. The van der Waals surface area contributed by atoms with Crippen LogP contribution in [0.5, 0.6) is 0 Å². The van der Waals surface area contributed by atoms with Crippen LogP contribution >= 0.6 is 0 Å². The molecule has 4 aromatic rings. The van der Waals surface area contributed by atoms with Crippen LogP contribution in [0.2, 0.25) is 0 Å². The van der Waals surface area contributed by atoms with Crippen molar-refractivity contribution in [1.29, 1.82) is 0 Å². The summed E-state index contributed by atoms with van der Waals surface area (Å²) in [6.07, 6.45) is 0. The fourth-order valence-electron chi connectivity index (χ4n) is 2.48. The zero-order valence-electron chi connectivity index (χ0n) is 10.2. The summed E-state index contributed by atoms with van der Waals surface area (Å²) in [4.78, 5) is 46.7. The van der Waals surface area contributed by atoms with E-state index in [4.69, 9.17) is 0 Å². The van der Waals surface area contributed by atoms with Gasteiger partial charge >= 0.3 is 23.2 Å². The van der Waals surface area contributed by atoms with Gasteiger partial charge in [-0.15, -0.1) is 0 Å². The molecule has 2 aromatic carbocycles. The molecule has 0 spiro atoms. The average molecular weight is 286 g/mol. The molecule has 7 heteroatoms. The molecule has 21 heavy (non-hydrogen) atoms. The van der Waals surface area contributed by atoms with Gasteiger partial charge in [0.1, 0.15) is 0 Å². The van der Waals surface area contributed by atoms with Crippen molar-refractivity contribution in [1.82, 2.24) is 0 Å². The Morgan fingerprint density at radius 2 is 1.19 bits per heavy atom. The van der Waals surface area contributed by atoms with Gasteiger partial charge in [0.05, 0.1) is 21.9 Å². The largest absolute Gasteiger partial charge is 0.478 e. The molecule has 0 aliphatic heterocycles. The van der Waals surface area contributed by atoms with Gasteiger partial charge in [-0.3, -0.25) is 0 Å². The minimum absolute atomic E-state index is 0.172. The van der Waals surface area contributed by atoms with Crippen LogP contribution in [0.25, 0.3) is 21.5 Å². The molecule has 0 radical (unpaired) electrons. The first-order chi connectivity index (χ1) is 9.93. The maximum Gasteiger partial charge on any atom is 0.347 e. The molecule has 0 atom stereocenters. The molecule has 4 rings (SSSR count). The molecule has 2 N–H and O–H groups in total. The van der Waals surface area contributed by atoms with Crippen molar-refractivity contribution in [2.24, 2.45) is 0 Å². The van der Waals surface area contributed by atoms with Crippen LogP contribution in [0.15, 0.2) is 38.3 Å². The summed E-state index contributed by atoms with van der Waals surface area (Å²) < 4.78 is 4.52. The molecule has 104 valence electrons. The smallest absolute Gasteiger partial charge is 0.347 e. The van der Waals surface area contributed by atoms with Crippen LogP contribution in [0.4, 0.5) is 0 Å². The van der Waals surface area contributed by atoms with E-state index in [0.717, 1.165) is 0 Å². The van der Waals surface area contributed by atoms with Gasteiger partial charge < -0.3 is 14.6 Å². The summed E-state index contributed by atoms with van der Waals surface area (Å²) in [5, 5.41) is 18.0. The van der Waals surface area contributed by atoms with E-state index < -0.39 is 45.1 Å². The van der Waals surface area contributed by atoms with Crippen molar-refractivity contribution in [3.05, 3.63) is 56.2 Å². The number of aromatic carboxylic acids is 2. The number of carboxylic acids is 2. The summed E-state index contributed by atoms with van der Waals surface area (Å²) >= 11 is 0. The van der Waals surface area contributed by atoms with Gasteiger partial charge in [-0.25, -0.2) is 19.2 Å². The number of carbonyl (C=O) groups is 2. The normalized spacial score (nSPS) is 11.0. The molecule has 0 fully saturated rings.